The number of primary amides is 1. The van der Waals surface area contributed by atoms with E-state index >= 15 is 0 Å². The summed E-state index contributed by atoms with van der Waals surface area (Å²) in [5.74, 6) is -0.842. The van der Waals surface area contributed by atoms with Crippen molar-refractivity contribution in [2.24, 2.45) is 5.73 Å². The van der Waals surface area contributed by atoms with Gasteiger partial charge in [0.1, 0.15) is 9.88 Å². The lowest BCUT2D eigenvalue weighted by atomic mass is 10.2. The number of nitrogens with zero attached hydrogens (tertiary/aromatic N) is 2. The number of nitrogen functional groups attached to an aromatic ring is 1. The molecule has 1 fully saturated rings. The van der Waals surface area contributed by atoms with Gasteiger partial charge in [-0.1, -0.05) is 0 Å². The van der Waals surface area contributed by atoms with Crippen molar-refractivity contribution in [2.75, 3.05) is 44.9 Å². The molecule has 2 amide bonds. The van der Waals surface area contributed by atoms with Gasteiger partial charge in [-0.05, 0) is 6.42 Å². The Morgan fingerprint density at radius 2 is 2.10 bits per heavy atom. The second-order valence-corrected chi connectivity index (χ2v) is 6.18. The van der Waals surface area contributed by atoms with Crippen LogP contribution in [0.2, 0.25) is 0 Å². The van der Waals surface area contributed by atoms with Gasteiger partial charge in [0.15, 0.2) is 0 Å². The summed E-state index contributed by atoms with van der Waals surface area (Å²) in [4.78, 5) is 27.7. The Balaban J connectivity index is 2.43. The van der Waals surface area contributed by atoms with Crippen molar-refractivity contribution in [1.29, 1.82) is 0 Å². The first-order valence-electron chi connectivity index (χ1n) is 6.58. The van der Waals surface area contributed by atoms with Crippen molar-refractivity contribution in [3.05, 3.63) is 10.4 Å². The maximum atomic E-state index is 12.1. The molecule has 1 aliphatic heterocycles. The minimum absolute atomic E-state index is 0.113. The highest BCUT2D eigenvalue weighted by molar-refractivity contribution is 7.19. The predicted molar refractivity (Wildman–Crippen MR) is 82.9 cm³/mol. The molecule has 4 N–H and O–H groups in total. The number of carbonyl (C=O) groups excluding carboxylic acids is 2. The predicted octanol–water partition coefficient (Wildman–Crippen LogP) is 0.356. The molecule has 8 heteroatoms. The number of carbonyl (C=O) groups is 2. The molecule has 1 saturated heterocycles. The molecule has 0 aliphatic carbocycles. The minimum Gasteiger partial charge on any atom is -0.397 e. The van der Waals surface area contributed by atoms with Crippen molar-refractivity contribution in [3.63, 3.8) is 0 Å². The summed E-state index contributed by atoms with van der Waals surface area (Å²) in [6, 6.07) is 0. The van der Waals surface area contributed by atoms with Gasteiger partial charge in [-0.15, -0.1) is 11.3 Å². The monoisotopic (exact) mass is 312 g/mol. The van der Waals surface area contributed by atoms with Crippen LogP contribution in [0.1, 0.15) is 26.5 Å². The first kappa shape index (κ1) is 15.6. The smallest absolute Gasteiger partial charge is 0.265 e. The molecule has 0 aromatic carbocycles. The van der Waals surface area contributed by atoms with Crippen LogP contribution in [-0.4, -0.2) is 57.1 Å². The largest absolute Gasteiger partial charge is 0.397 e. The molecule has 0 bridgehead atoms. The Morgan fingerprint density at radius 3 is 2.57 bits per heavy atom. The lowest BCUT2D eigenvalue weighted by Crippen LogP contribution is -2.24. The van der Waals surface area contributed by atoms with Crippen molar-refractivity contribution in [1.82, 2.24) is 4.90 Å². The zero-order valence-electron chi connectivity index (χ0n) is 12.4. The van der Waals surface area contributed by atoms with Gasteiger partial charge in [-0.2, -0.15) is 0 Å². The van der Waals surface area contributed by atoms with E-state index in [0.717, 1.165) is 13.0 Å². The summed E-state index contributed by atoms with van der Waals surface area (Å²) in [5, 5.41) is 0.657. The average Bonchev–Trinajstić information content (AvgIpc) is 3.01. The Labute approximate surface area is 127 Å². The van der Waals surface area contributed by atoms with Crippen LogP contribution >= 0.6 is 11.3 Å². The van der Waals surface area contributed by atoms with Gasteiger partial charge in [0.25, 0.3) is 11.8 Å². The van der Waals surface area contributed by atoms with Gasteiger partial charge in [0, 0.05) is 34.3 Å². The minimum atomic E-state index is -0.613. The van der Waals surface area contributed by atoms with Crippen LogP contribution in [-0.2, 0) is 4.74 Å². The number of rotatable bonds is 4. The second-order valence-electron chi connectivity index (χ2n) is 5.18. The summed E-state index contributed by atoms with van der Waals surface area (Å²) in [7, 11) is 4.94. The third-order valence-corrected chi connectivity index (χ3v) is 4.79. The molecule has 1 atom stereocenters. The number of anilines is 2. The molecule has 116 valence electrons. The van der Waals surface area contributed by atoms with Crippen molar-refractivity contribution in [2.45, 2.75) is 12.5 Å². The highest BCUT2D eigenvalue weighted by atomic mass is 32.1. The fourth-order valence-corrected chi connectivity index (χ4v) is 3.64. The van der Waals surface area contributed by atoms with E-state index in [2.05, 4.69) is 0 Å². The third kappa shape index (κ3) is 2.81. The molecule has 1 aromatic heterocycles. The molecule has 7 nitrogen and oxygen atoms in total. The second kappa shape index (κ2) is 5.90. The molecule has 0 radical (unpaired) electrons. The fraction of sp³-hybridized carbons (Fsp3) is 0.538. The van der Waals surface area contributed by atoms with Crippen LogP contribution in [0.5, 0.6) is 0 Å². The van der Waals surface area contributed by atoms with Gasteiger partial charge >= 0.3 is 0 Å². The molecule has 0 saturated carbocycles. The van der Waals surface area contributed by atoms with Gasteiger partial charge in [-0.25, -0.2) is 0 Å². The lowest BCUT2D eigenvalue weighted by Gasteiger charge is -2.17. The van der Waals surface area contributed by atoms with E-state index in [1.54, 1.807) is 21.2 Å². The topological polar surface area (TPSA) is 102 Å². The Bertz CT molecular complexity index is 570. The average molecular weight is 312 g/mol. The number of methoxy groups -OCH3 is 1. The maximum Gasteiger partial charge on any atom is 0.265 e. The number of thiophene rings is 1. The van der Waals surface area contributed by atoms with E-state index < -0.39 is 5.91 Å². The van der Waals surface area contributed by atoms with Crippen molar-refractivity contribution < 1.29 is 14.3 Å². The first-order valence-corrected chi connectivity index (χ1v) is 7.39. The van der Waals surface area contributed by atoms with Crippen LogP contribution < -0.4 is 16.4 Å². The molecule has 2 rings (SSSR count). The molecule has 0 spiro atoms. The van der Waals surface area contributed by atoms with E-state index in [1.807, 2.05) is 4.90 Å². The Hall–Kier alpha value is -1.80. The molecular weight excluding hydrogens is 292 g/mol. The van der Waals surface area contributed by atoms with Crippen LogP contribution in [0.4, 0.5) is 10.7 Å². The van der Waals surface area contributed by atoms with Crippen LogP contribution in [0.15, 0.2) is 0 Å². The molecule has 1 aromatic rings. The third-order valence-electron chi connectivity index (χ3n) is 3.54. The normalized spacial score (nSPS) is 18.0. The first-order chi connectivity index (χ1) is 9.86. The summed E-state index contributed by atoms with van der Waals surface area (Å²) < 4.78 is 5.33. The zero-order valence-corrected chi connectivity index (χ0v) is 13.2. The SMILES string of the molecule is COC1CCN(c2sc(C(=O)N(C)C)c(N)c2C(N)=O)C1. The summed E-state index contributed by atoms with van der Waals surface area (Å²) in [6.07, 6.45) is 0.978. The zero-order chi connectivity index (χ0) is 15.7. The summed E-state index contributed by atoms with van der Waals surface area (Å²) in [5.41, 5.74) is 11.8. The molecule has 1 unspecified atom stereocenters. The standard InChI is InChI=1S/C13H20N4O3S/c1-16(2)12(19)10-9(14)8(11(15)18)13(21-10)17-5-4-7(6-17)20-3/h7H,4-6,14H2,1-3H3,(H2,15,18). The number of hydrogen-bond donors (Lipinski definition) is 2. The Kier molecular flexibility index (Phi) is 4.38. The number of hydrogen-bond acceptors (Lipinski definition) is 6. The lowest BCUT2D eigenvalue weighted by molar-refractivity contribution is 0.0833. The van der Waals surface area contributed by atoms with E-state index in [1.165, 1.54) is 16.2 Å². The highest BCUT2D eigenvalue weighted by Gasteiger charge is 2.31. The quantitative estimate of drug-likeness (QED) is 0.835. The molecule has 21 heavy (non-hydrogen) atoms. The summed E-state index contributed by atoms with van der Waals surface area (Å²) in [6.45, 7) is 1.40. The van der Waals surface area contributed by atoms with Gasteiger partial charge in [-0.3, -0.25) is 9.59 Å². The molecule has 1 aliphatic rings. The van der Waals surface area contributed by atoms with Crippen LogP contribution in [0, 0.1) is 0 Å². The van der Waals surface area contributed by atoms with E-state index in [0.29, 0.717) is 16.4 Å². The number of ether oxygens (including phenoxy) is 1. The van der Waals surface area contributed by atoms with Gasteiger partial charge in [0.05, 0.1) is 17.4 Å². The van der Waals surface area contributed by atoms with E-state index in [-0.39, 0.29) is 23.3 Å². The van der Waals surface area contributed by atoms with E-state index in [4.69, 9.17) is 16.2 Å². The van der Waals surface area contributed by atoms with E-state index in [9.17, 15) is 9.59 Å². The molecular formula is C13H20N4O3S. The highest BCUT2D eigenvalue weighted by Crippen LogP contribution is 2.40. The van der Waals surface area contributed by atoms with Crippen LogP contribution in [0.3, 0.4) is 0 Å². The van der Waals surface area contributed by atoms with Crippen molar-refractivity contribution in [3.8, 4) is 0 Å². The Morgan fingerprint density at radius 1 is 1.43 bits per heavy atom. The van der Waals surface area contributed by atoms with Gasteiger partial charge in [0.2, 0.25) is 0 Å². The fourth-order valence-electron chi connectivity index (χ4n) is 2.36. The number of nitrogens with two attached hydrogens (primary N) is 2. The number of amides is 2. The molecule has 2 heterocycles. The maximum absolute atomic E-state index is 12.1. The summed E-state index contributed by atoms with van der Waals surface area (Å²) >= 11 is 1.21. The van der Waals surface area contributed by atoms with Crippen LogP contribution in [0.25, 0.3) is 0 Å². The van der Waals surface area contributed by atoms with Crippen molar-refractivity contribution >= 4 is 33.8 Å². The van der Waals surface area contributed by atoms with Gasteiger partial charge < -0.3 is 26.0 Å².